The molecule has 0 aromatic rings. The van der Waals surface area contributed by atoms with Crippen molar-refractivity contribution in [2.45, 2.75) is 38.7 Å². The number of amides is 2. The topological polar surface area (TPSA) is 77.5 Å². The fourth-order valence-corrected chi connectivity index (χ4v) is 3.75. The highest BCUT2D eigenvalue weighted by Gasteiger charge is 2.31. The van der Waals surface area contributed by atoms with Gasteiger partial charge in [0, 0.05) is 52.4 Å². The second-order valence-corrected chi connectivity index (χ2v) is 7.07. The van der Waals surface area contributed by atoms with Crippen LogP contribution in [0.15, 0.2) is 4.99 Å². The zero-order chi connectivity index (χ0) is 18.4. The van der Waals surface area contributed by atoms with Crippen molar-refractivity contribution >= 4 is 17.8 Å². The number of nitrogens with zero attached hydrogens (tertiary/aromatic N) is 4. The summed E-state index contributed by atoms with van der Waals surface area (Å²) in [4.78, 5) is 35.2. The van der Waals surface area contributed by atoms with Gasteiger partial charge < -0.3 is 24.8 Å². The predicted octanol–water partition coefficient (Wildman–Crippen LogP) is -0.102. The molecule has 26 heavy (non-hydrogen) atoms. The van der Waals surface area contributed by atoms with E-state index in [0.717, 1.165) is 64.4 Å². The molecule has 0 aliphatic carbocycles. The van der Waals surface area contributed by atoms with E-state index in [1.165, 1.54) is 0 Å². The average molecular weight is 365 g/mol. The molecule has 3 aliphatic heterocycles. The van der Waals surface area contributed by atoms with Crippen LogP contribution in [0.4, 0.5) is 0 Å². The first kappa shape index (κ1) is 18.9. The first-order chi connectivity index (χ1) is 12.7. The molecular formula is C18H31N5O3. The molecule has 3 fully saturated rings. The quantitative estimate of drug-likeness (QED) is 0.556. The predicted molar refractivity (Wildman–Crippen MR) is 98.9 cm³/mol. The lowest BCUT2D eigenvalue weighted by atomic mass is 10.2. The van der Waals surface area contributed by atoms with Crippen LogP contribution in [0.3, 0.4) is 0 Å². The van der Waals surface area contributed by atoms with E-state index in [4.69, 9.17) is 4.74 Å². The van der Waals surface area contributed by atoms with Crippen LogP contribution < -0.4 is 5.32 Å². The summed E-state index contributed by atoms with van der Waals surface area (Å²) in [6.45, 7) is 8.16. The van der Waals surface area contributed by atoms with Crippen LogP contribution in [0.5, 0.6) is 0 Å². The van der Waals surface area contributed by atoms with Gasteiger partial charge in [0.05, 0.1) is 0 Å². The third-order valence-electron chi connectivity index (χ3n) is 5.25. The fourth-order valence-electron chi connectivity index (χ4n) is 3.75. The van der Waals surface area contributed by atoms with Crippen LogP contribution in [0.1, 0.15) is 32.6 Å². The molecule has 1 N–H and O–H groups in total. The van der Waals surface area contributed by atoms with E-state index in [9.17, 15) is 9.59 Å². The minimum absolute atomic E-state index is 0.102. The normalized spacial score (nSPS) is 24.3. The van der Waals surface area contributed by atoms with E-state index < -0.39 is 0 Å². The lowest BCUT2D eigenvalue weighted by molar-refractivity contribution is -0.142. The van der Waals surface area contributed by atoms with Gasteiger partial charge in [0.2, 0.25) is 5.91 Å². The highest BCUT2D eigenvalue weighted by molar-refractivity contribution is 5.85. The average Bonchev–Trinajstić information content (AvgIpc) is 3.38. The Hall–Kier alpha value is -1.83. The van der Waals surface area contributed by atoms with Crippen molar-refractivity contribution in [3.8, 4) is 0 Å². The van der Waals surface area contributed by atoms with Gasteiger partial charge in [-0.1, -0.05) is 0 Å². The summed E-state index contributed by atoms with van der Waals surface area (Å²) in [5.41, 5.74) is 0. The number of ether oxygens (including phenoxy) is 1. The Morgan fingerprint density at radius 3 is 2.31 bits per heavy atom. The largest absolute Gasteiger partial charge is 0.368 e. The molecule has 2 amide bonds. The van der Waals surface area contributed by atoms with Gasteiger partial charge in [-0.15, -0.1) is 0 Å². The maximum Gasteiger partial charge on any atom is 0.251 e. The van der Waals surface area contributed by atoms with Gasteiger partial charge in [-0.2, -0.15) is 0 Å². The van der Waals surface area contributed by atoms with Crippen LogP contribution in [0.2, 0.25) is 0 Å². The molecule has 3 rings (SSSR count). The zero-order valence-electron chi connectivity index (χ0n) is 15.8. The van der Waals surface area contributed by atoms with Gasteiger partial charge in [0.25, 0.3) is 5.91 Å². The lowest BCUT2D eigenvalue weighted by Gasteiger charge is -2.37. The summed E-state index contributed by atoms with van der Waals surface area (Å²) in [6, 6.07) is 0. The number of rotatable bonds is 4. The molecule has 0 bridgehead atoms. The number of hydrogen-bond donors (Lipinski definition) is 1. The molecule has 3 aliphatic rings. The second kappa shape index (κ2) is 9.21. The van der Waals surface area contributed by atoms with E-state index >= 15 is 0 Å². The number of carbonyl (C=O) groups is 2. The Balaban J connectivity index is 1.51. The molecule has 0 radical (unpaired) electrons. The minimum atomic E-state index is -0.249. The van der Waals surface area contributed by atoms with Crippen molar-refractivity contribution < 1.29 is 14.3 Å². The SMILES string of the molecule is CCNC(=NCC(=O)N1CCCC1)N1CCN(C(=O)C2CCCO2)CC1. The van der Waals surface area contributed by atoms with Crippen molar-refractivity contribution in [3.05, 3.63) is 0 Å². The molecule has 8 nitrogen and oxygen atoms in total. The highest BCUT2D eigenvalue weighted by atomic mass is 16.5. The maximum atomic E-state index is 12.5. The van der Waals surface area contributed by atoms with Crippen molar-refractivity contribution in [1.82, 2.24) is 20.0 Å². The van der Waals surface area contributed by atoms with Gasteiger partial charge in [0.15, 0.2) is 5.96 Å². The summed E-state index contributed by atoms with van der Waals surface area (Å²) in [6.07, 6.45) is 3.74. The Morgan fingerprint density at radius 1 is 1.00 bits per heavy atom. The molecular weight excluding hydrogens is 334 g/mol. The summed E-state index contributed by atoms with van der Waals surface area (Å²) in [5.74, 6) is 0.989. The third kappa shape index (κ3) is 4.66. The number of nitrogens with one attached hydrogen (secondary N) is 1. The molecule has 3 saturated heterocycles. The standard InChI is InChI=1S/C18H31N5O3/c1-2-19-18(20-14-16(24)21-7-3-4-8-21)23-11-9-22(10-12-23)17(25)15-6-5-13-26-15/h15H,2-14H2,1H3,(H,19,20). The number of guanidine groups is 1. The van der Waals surface area contributed by atoms with Gasteiger partial charge in [-0.25, -0.2) is 4.99 Å². The van der Waals surface area contributed by atoms with Crippen LogP contribution in [0.25, 0.3) is 0 Å². The molecule has 0 aromatic heterocycles. The van der Waals surface area contributed by atoms with Crippen LogP contribution >= 0.6 is 0 Å². The van der Waals surface area contributed by atoms with Crippen LogP contribution in [0, 0.1) is 0 Å². The van der Waals surface area contributed by atoms with Crippen molar-refractivity contribution in [2.75, 3.05) is 59.0 Å². The van der Waals surface area contributed by atoms with Gasteiger partial charge in [-0.05, 0) is 32.6 Å². The number of piperazine rings is 1. The molecule has 146 valence electrons. The fraction of sp³-hybridized carbons (Fsp3) is 0.833. The van der Waals surface area contributed by atoms with E-state index in [0.29, 0.717) is 19.7 Å². The maximum absolute atomic E-state index is 12.5. The summed E-state index contributed by atoms with van der Waals surface area (Å²) >= 11 is 0. The molecule has 0 saturated carbocycles. The van der Waals surface area contributed by atoms with Crippen LogP contribution in [-0.2, 0) is 14.3 Å². The van der Waals surface area contributed by atoms with E-state index in [1.807, 2.05) is 16.7 Å². The van der Waals surface area contributed by atoms with Crippen LogP contribution in [-0.4, -0.2) is 97.5 Å². The van der Waals surface area contributed by atoms with E-state index in [-0.39, 0.29) is 24.5 Å². The molecule has 3 heterocycles. The smallest absolute Gasteiger partial charge is 0.251 e. The summed E-state index contributed by atoms with van der Waals surface area (Å²) < 4.78 is 5.51. The van der Waals surface area contributed by atoms with Gasteiger partial charge in [-0.3, -0.25) is 9.59 Å². The number of aliphatic imine (C=N–C) groups is 1. The molecule has 1 unspecified atom stereocenters. The summed E-state index contributed by atoms with van der Waals surface area (Å²) in [5, 5.41) is 3.27. The first-order valence-electron chi connectivity index (χ1n) is 9.90. The number of hydrogen-bond acceptors (Lipinski definition) is 4. The molecule has 0 aromatic carbocycles. The Kier molecular flexibility index (Phi) is 6.71. The second-order valence-electron chi connectivity index (χ2n) is 7.07. The Bertz CT molecular complexity index is 519. The Labute approximate surface area is 155 Å². The molecule has 1 atom stereocenters. The highest BCUT2D eigenvalue weighted by Crippen LogP contribution is 2.16. The monoisotopic (exact) mass is 365 g/mol. The Morgan fingerprint density at radius 2 is 1.69 bits per heavy atom. The van der Waals surface area contributed by atoms with Crippen molar-refractivity contribution in [1.29, 1.82) is 0 Å². The number of carbonyl (C=O) groups excluding carboxylic acids is 2. The minimum Gasteiger partial charge on any atom is -0.368 e. The molecule has 8 heteroatoms. The van der Waals surface area contributed by atoms with E-state index in [2.05, 4.69) is 15.2 Å². The zero-order valence-corrected chi connectivity index (χ0v) is 15.8. The van der Waals surface area contributed by atoms with Crippen molar-refractivity contribution in [3.63, 3.8) is 0 Å². The van der Waals surface area contributed by atoms with E-state index in [1.54, 1.807) is 0 Å². The lowest BCUT2D eigenvalue weighted by Crippen LogP contribution is -2.55. The van der Waals surface area contributed by atoms with Gasteiger partial charge >= 0.3 is 0 Å². The third-order valence-corrected chi connectivity index (χ3v) is 5.25. The van der Waals surface area contributed by atoms with Gasteiger partial charge in [0.1, 0.15) is 12.6 Å². The van der Waals surface area contributed by atoms with Crippen molar-refractivity contribution in [2.24, 2.45) is 4.99 Å². The first-order valence-corrected chi connectivity index (χ1v) is 9.90. The summed E-state index contributed by atoms with van der Waals surface area (Å²) in [7, 11) is 0. The molecule has 0 spiro atoms. The number of likely N-dealkylation sites (tertiary alicyclic amines) is 1.